The second-order valence-corrected chi connectivity index (χ2v) is 19.1. The number of aliphatic hydroxyl groups excluding tert-OH is 1. The van der Waals surface area contributed by atoms with Crippen molar-refractivity contribution in [2.45, 2.75) is 71.8 Å². The molecule has 4 amide bonds. The maximum absolute atomic E-state index is 14.0. The van der Waals surface area contributed by atoms with E-state index in [1.807, 2.05) is 113 Å². The first kappa shape index (κ1) is 50.8. The number of non-ortho nitro benzene ring substituents is 1. The molecule has 7 rings (SSSR count). The third-order valence-electron chi connectivity index (χ3n) is 12.0. The number of aliphatic hydroxyl groups is 1. The molecule has 0 aliphatic carbocycles. The highest BCUT2D eigenvalue weighted by Gasteiger charge is 2.45. The SMILES string of the molecule is Cc1ncsc1-c1ccc([C@H](C)NC(=O)[C@@H]2C[C@@H](O)CN2C(=O)[C@@H](NC(=O)COCCOCCOc2ccc(CN3C(=O)/C(=C\C=C\c4ccc([N+](=O)[O-])cc4)c4ccccc43)cc2)C(C)(C)C)cc1. The van der Waals surface area contributed by atoms with Crippen molar-refractivity contribution in [3.05, 3.63) is 153 Å². The number of nitro groups is 1. The van der Waals surface area contributed by atoms with Crippen LogP contribution in [-0.2, 0) is 35.2 Å². The summed E-state index contributed by atoms with van der Waals surface area (Å²) in [5.41, 5.74) is 7.82. The molecule has 2 aliphatic rings. The van der Waals surface area contributed by atoms with Crippen molar-refractivity contribution in [2.75, 3.05) is 44.5 Å². The molecular weight excluding hydrogens is 913 g/mol. The highest BCUT2D eigenvalue weighted by atomic mass is 32.1. The number of hydrogen-bond acceptors (Lipinski definition) is 12. The number of ether oxygens (including phenoxy) is 3. The Bertz CT molecular complexity index is 2710. The summed E-state index contributed by atoms with van der Waals surface area (Å²) in [6.07, 6.45) is 4.50. The van der Waals surface area contributed by atoms with Crippen molar-refractivity contribution in [1.82, 2.24) is 20.5 Å². The molecule has 4 aromatic carbocycles. The van der Waals surface area contributed by atoms with E-state index in [-0.39, 0.29) is 69.5 Å². The second-order valence-electron chi connectivity index (χ2n) is 18.2. The molecule has 3 heterocycles. The Morgan fingerprint density at radius 2 is 1.64 bits per heavy atom. The number of likely N-dealkylation sites (tertiary alicyclic amines) is 1. The lowest BCUT2D eigenvalue weighted by Gasteiger charge is -2.35. The van der Waals surface area contributed by atoms with E-state index in [2.05, 4.69) is 15.6 Å². The molecule has 16 nitrogen and oxygen atoms in total. The summed E-state index contributed by atoms with van der Waals surface area (Å²) in [7, 11) is 0. The van der Waals surface area contributed by atoms with E-state index in [1.165, 1.54) is 17.0 Å². The number of hydrogen-bond donors (Lipinski definition) is 3. The highest BCUT2D eigenvalue weighted by molar-refractivity contribution is 7.13. The largest absolute Gasteiger partial charge is 0.491 e. The number of thiazole rings is 1. The number of nitrogens with one attached hydrogen (secondary N) is 2. The number of amides is 4. The van der Waals surface area contributed by atoms with Gasteiger partial charge in [-0.2, -0.15) is 0 Å². The fourth-order valence-corrected chi connectivity index (χ4v) is 9.09. The van der Waals surface area contributed by atoms with Gasteiger partial charge in [0.1, 0.15) is 31.0 Å². The molecule has 366 valence electrons. The van der Waals surface area contributed by atoms with Crippen LogP contribution in [0.25, 0.3) is 22.1 Å². The summed E-state index contributed by atoms with van der Waals surface area (Å²) in [6.45, 7) is 10.1. The van der Waals surface area contributed by atoms with Gasteiger partial charge >= 0.3 is 0 Å². The molecule has 1 aromatic heterocycles. The van der Waals surface area contributed by atoms with Gasteiger partial charge in [-0.1, -0.05) is 87.5 Å². The second kappa shape index (κ2) is 23.0. The molecule has 0 unspecified atom stereocenters. The molecule has 4 atom stereocenters. The Hall–Kier alpha value is -7.05. The van der Waals surface area contributed by atoms with Gasteiger partial charge < -0.3 is 39.8 Å². The first-order valence-electron chi connectivity index (χ1n) is 23.1. The van der Waals surface area contributed by atoms with Crippen LogP contribution in [0.5, 0.6) is 5.75 Å². The zero-order chi connectivity index (χ0) is 50.0. The first-order chi connectivity index (χ1) is 33.6. The van der Waals surface area contributed by atoms with Crippen molar-refractivity contribution in [3.8, 4) is 16.2 Å². The molecule has 0 bridgehead atoms. The van der Waals surface area contributed by atoms with Crippen LogP contribution in [0.1, 0.15) is 68.1 Å². The number of aromatic nitrogens is 1. The molecule has 3 N–H and O–H groups in total. The number of carbonyl (C=O) groups excluding carboxylic acids is 4. The maximum atomic E-state index is 14.0. The summed E-state index contributed by atoms with van der Waals surface area (Å²) in [5.74, 6) is -0.861. The number of benzene rings is 4. The van der Waals surface area contributed by atoms with E-state index < -0.39 is 40.3 Å². The van der Waals surface area contributed by atoms with Crippen LogP contribution in [0.4, 0.5) is 11.4 Å². The van der Waals surface area contributed by atoms with Crippen LogP contribution >= 0.6 is 11.3 Å². The molecule has 17 heteroatoms. The highest BCUT2D eigenvalue weighted by Crippen LogP contribution is 2.38. The Morgan fingerprint density at radius 1 is 0.943 bits per heavy atom. The Balaban J connectivity index is 0.813. The molecule has 1 fully saturated rings. The number of nitrogens with zero attached hydrogens (tertiary/aromatic N) is 4. The third-order valence-corrected chi connectivity index (χ3v) is 13.0. The zero-order valence-electron chi connectivity index (χ0n) is 39.8. The number of aryl methyl sites for hydroxylation is 1. The summed E-state index contributed by atoms with van der Waals surface area (Å²) >= 11 is 1.57. The number of nitro benzene ring substituents is 1. The lowest BCUT2D eigenvalue weighted by atomic mass is 9.85. The number of allylic oxidation sites excluding steroid dienone is 2. The third kappa shape index (κ3) is 12.8. The van der Waals surface area contributed by atoms with Gasteiger partial charge in [0.05, 0.1) is 65.2 Å². The number of rotatable bonds is 20. The minimum atomic E-state index is -0.992. The molecule has 1 saturated heterocycles. The minimum absolute atomic E-state index is 0.0108. The van der Waals surface area contributed by atoms with Gasteiger partial charge in [0.15, 0.2) is 0 Å². The Kier molecular flexibility index (Phi) is 16.7. The number of anilines is 1. The quantitative estimate of drug-likeness (QED) is 0.0303. The summed E-state index contributed by atoms with van der Waals surface area (Å²) in [6, 6.07) is 26.9. The average molecular weight is 971 g/mol. The Labute approximate surface area is 411 Å². The summed E-state index contributed by atoms with van der Waals surface area (Å²) in [5, 5.41) is 27.4. The molecule has 0 saturated carbocycles. The van der Waals surface area contributed by atoms with Crippen molar-refractivity contribution >= 4 is 58.0 Å². The molecular formula is C53H58N6O10S. The van der Waals surface area contributed by atoms with E-state index in [0.29, 0.717) is 17.9 Å². The zero-order valence-corrected chi connectivity index (χ0v) is 40.6. The number of para-hydroxylation sites is 1. The smallest absolute Gasteiger partial charge is 0.269 e. The lowest BCUT2D eigenvalue weighted by molar-refractivity contribution is -0.384. The molecule has 0 radical (unpaired) electrons. The molecule has 0 spiro atoms. The van der Waals surface area contributed by atoms with Crippen molar-refractivity contribution < 1.29 is 43.4 Å². The van der Waals surface area contributed by atoms with Gasteiger partial charge in [0.25, 0.3) is 11.6 Å². The van der Waals surface area contributed by atoms with Crippen LogP contribution in [-0.4, -0.2) is 101 Å². The fraction of sp³-hybridized carbons (Fsp3) is 0.340. The molecule has 70 heavy (non-hydrogen) atoms. The summed E-state index contributed by atoms with van der Waals surface area (Å²) < 4.78 is 17.1. The van der Waals surface area contributed by atoms with Gasteiger partial charge in [-0.15, -0.1) is 11.3 Å². The van der Waals surface area contributed by atoms with Crippen LogP contribution < -0.4 is 20.3 Å². The van der Waals surface area contributed by atoms with E-state index in [9.17, 15) is 34.4 Å². The topological polar surface area (TPSA) is 203 Å². The maximum Gasteiger partial charge on any atom is 0.269 e. The average Bonchev–Trinajstić information content (AvgIpc) is 4.03. The monoisotopic (exact) mass is 970 g/mol. The summed E-state index contributed by atoms with van der Waals surface area (Å²) in [4.78, 5) is 73.4. The van der Waals surface area contributed by atoms with Crippen LogP contribution in [0.15, 0.2) is 115 Å². The van der Waals surface area contributed by atoms with E-state index >= 15 is 0 Å². The van der Waals surface area contributed by atoms with Gasteiger partial charge in [0, 0.05) is 36.2 Å². The predicted octanol–water partition coefficient (Wildman–Crippen LogP) is 7.45. The van der Waals surface area contributed by atoms with Crippen LogP contribution in [0, 0.1) is 22.5 Å². The number of fused-ring (bicyclic) bond motifs is 1. The van der Waals surface area contributed by atoms with E-state index in [1.54, 1.807) is 46.6 Å². The van der Waals surface area contributed by atoms with Crippen molar-refractivity contribution in [3.63, 3.8) is 0 Å². The number of β-amino-alcohol motifs (C(OH)–C–C–N with tert-alkyl or cyclic N) is 1. The Morgan fingerprint density at radius 3 is 2.33 bits per heavy atom. The van der Waals surface area contributed by atoms with Crippen LogP contribution in [0.3, 0.4) is 0 Å². The predicted molar refractivity (Wildman–Crippen MR) is 268 cm³/mol. The standard InChI is InChI=1S/C53H58N6O10S/c1-34(38-17-19-39(20-18-38)48-35(2)54-33-70-48)55-50(62)46-29-41(60)31-58(46)52(64)49(53(3,4)5)56-47(61)32-68-26-25-67-27-28-69-42-23-15-37(16-24-42)30-57-45-12-7-6-10-43(45)44(51(57)63)11-8-9-36-13-21-40(22-14-36)59(65)66/h6-24,33-34,41,46,49,60H,25-32H2,1-5H3,(H,55,62)(H,56,61)/b9-8+,44-11-/t34-,41+,46-,49+/m0/s1. The molecule has 5 aromatic rings. The van der Waals surface area contributed by atoms with Crippen LogP contribution in [0.2, 0.25) is 0 Å². The fourth-order valence-electron chi connectivity index (χ4n) is 8.28. The molecule has 2 aliphatic heterocycles. The lowest BCUT2D eigenvalue weighted by Crippen LogP contribution is -2.58. The van der Waals surface area contributed by atoms with Crippen molar-refractivity contribution in [2.24, 2.45) is 5.41 Å². The normalized spacial score (nSPS) is 17.2. The van der Waals surface area contributed by atoms with Gasteiger partial charge in [-0.25, -0.2) is 4.98 Å². The number of carbonyl (C=O) groups is 4. The first-order valence-corrected chi connectivity index (χ1v) is 24.0. The van der Waals surface area contributed by atoms with Gasteiger partial charge in [-0.05, 0) is 77.9 Å². The van der Waals surface area contributed by atoms with Gasteiger partial charge in [-0.3, -0.25) is 29.3 Å². The van der Waals surface area contributed by atoms with Gasteiger partial charge in [0.2, 0.25) is 17.7 Å². The minimum Gasteiger partial charge on any atom is -0.491 e. The van der Waals surface area contributed by atoms with E-state index in [0.717, 1.165) is 44.1 Å². The van der Waals surface area contributed by atoms with E-state index in [4.69, 9.17) is 14.2 Å². The van der Waals surface area contributed by atoms with Crippen molar-refractivity contribution in [1.29, 1.82) is 0 Å².